The van der Waals surface area contributed by atoms with Crippen molar-refractivity contribution in [3.8, 4) is 11.8 Å². The molecule has 0 saturated carbocycles. The van der Waals surface area contributed by atoms with Gasteiger partial charge in [-0.3, -0.25) is 4.79 Å². The number of benzene rings is 2. The van der Waals surface area contributed by atoms with Gasteiger partial charge in [-0.05, 0) is 48.4 Å². The molecule has 2 rings (SSSR count). The summed E-state index contributed by atoms with van der Waals surface area (Å²) in [7, 11) is 1.60. The maximum absolute atomic E-state index is 12.1. The molecule has 4 heteroatoms. The van der Waals surface area contributed by atoms with Crippen molar-refractivity contribution in [3.05, 3.63) is 65.2 Å². The number of carbonyl (C=O) groups excluding carboxylic acids is 1. The van der Waals surface area contributed by atoms with E-state index >= 15 is 0 Å². The fourth-order valence-corrected chi connectivity index (χ4v) is 2.03. The van der Waals surface area contributed by atoms with Gasteiger partial charge in [0.1, 0.15) is 17.4 Å². The molecule has 2 aromatic carbocycles. The number of hydrogen-bond acceptors (Lipinski definition) is 3. The van der Waals surface area contributed by atoms with Gasteiger partial charge in [-0.2, -0.15) is 5.26 Å². The molecule has 0 heterocycles. The molecule has 2 aromatic rings. The molecule has 22 heavy (non-hydrogen) atoms. The van der Waals surface area contributed by atoms with Crippen molar-refractivity contribution >= 4 is 17.7 Å². The lowest BCUT2D eigenvalue weighted by molar-refractivity contribution is -0.112. The van der Waals surface area contributed by atoms with E-state index < -0.39 is 5.91 Å². The Balaban J connectivity index is 2.22. The molecule has 0 atom stereocenters. The Kier molecular flexibility index (Phi) is 4.94. The van der Waals surface area contributed by atoms with Gasteiger partial charge >= 0.3 is 0 Å². The van der Waals surface area contributed by atoms with Gasteiger partial charge in [0.25, 0.3) is 5.91 Å². The summed E-state index contributed by atoms with van der Waals surface area (Å²) in [4.78, 5) is 12.1. The molecule has 0 radical (unpaired) electrons. The minimum absolute atomic E-state index is 0.0495. The van der Waals surface area contributed by atoms with Crippen molar-refractivity contribution < 1.29 is 9.53 Å². The molecule has 0 unspecified atom stereocenters. The van der Waals surface area contributed by atoms with E-state index in [0.29, 0.717) is 5.69 Å². The van der Waals surface area contributed by atoms with Gasteiger partial charge in [0.15, 0.2) is 0 Å². The van der Waals surface area contributed by atoms with Gasteiger partial charge in [-0.1, -0.05) is 24.3 Å². The number of aryl methyl sites for hydroxylation is 1. The SMILES string of the molecule is COc1ccc(/C=C(/C#N)C(=O)Nc2ccccc2)cc1C. The van der Waals surface area contributed by atoms with Gasteiger partial charge < -0.3 is 10.1 Å². The normalized spacial score (nSPS) is 10.7. The minimum Gasteiger partial charge on any atom is -0.496 e. The van der Waals surface area contributed by atoms with Crippen molar-refractivity contribution in [1.29, 1.82) is 5.26 Å². The van der Waals surface area contributed by atoms with Crippen LogP contribution in [0.15, 0.2) is 54.1 Å². The summed E-state index contributed by atoms with van der Waals surface area (Å²) < 4.78 is 5.19. The highest BCUT2D eigenvalue weighted by atomic mass is 16.5. The number of hydrogen-bond donors (Lipinski definition) is 1. The molecule has 0 aliphatic rings. The Bertz CT molecular complexity index is 743. The van der Waals surface area contributed by atoms with Gasteiger partial charge in [0, 0.05) is 5.69 Å². The number of methoxy groups -OCH3 is 1. The lowest BCUT2D eigenvalue weighted by Crippen LogP contribution is -2.13. The summed E-state index contributed by atoms with van der Waals surface area (Å²) in [6, 6.07) is 16.4. The van der Waals surface area contributed by atoms with Crippen LogP contribution in [0.1, 0.15) is 11.1 Å². The molecular weight excluding hydrogens is 276 g/mol. The van der Waals surface area contributed by atoms with Crippen molar-refractivity contribution in [1.82, 2.24) is 0 Å². The zero-order valence-electron chi connectivity index (χ0n) is 12.5. The summed E-state index contributed by atoms with van der Waals surface area (Å²) >= 11 is 0. The molecule has 0 fully saturated rings. The van der Waals surface area contributed by atoms with E-state index in [4.69, 9.17) is 4.74 Å². The average Bonchev–Trinajstić information content (AvgIpc) is 2.53. The van der Waals surface area contributed by atoms with Crippen molar-refractivity contribution in [2.75, 3.05) is 12.4 Å². The largest absolute Gasteiger partial charge is 0.496 e. The molecular formula is C18H16N2O2. The highest BCUT2D eigenvalue weighted by Crippen LogP contribution is 2.20. The van der Waals surface area contributed by atoms with Gasteiger partial charge in [0.2, 0.25) is 0 Å². The van der Waals surface area contributed by atoms with Crippen LogP contribution < -0.4 is 10.1 Å². The molecule has 0 spiro atoms. The summed E-state index contributed by atoms with van der Waals surface area (Å²) in [6.45, 7) is 1.91. The molecule has 0 aromatic heterocycles. The second-order valence-electron chi connectivity index (χ2n) is 4.72. The Morgan fingerprint density at radius 2 is 1.95 bits per heavy atom. The Hall–Kier alpha value is -3.06. The summed E-state index contributed by atoms with van der Waals surface area (Å²) in [5.41, 5.74) is 2.42. The van der Waals surface area contributed by atoms with Crippen molar-refractivity contribution in [3.63, 3.8) is 0 Å². The number of nitrogens with one attached hydrogen (secondary N) is 1. The number of nitrogens with zero attached hydrogens (tertiary/aromatic N) is 1. The fraction of sp³-hybridized carbons (Fsp3) is 0.111. The van der Waals surface area contributed by atoms with Crippen LogP contribution in [-0.2, 0) is 4.79 Å². The third kappa shape index (κ3) is 3.74. The van der Waals surface area contributed by atoms with E-state index in [1.807, 2.05) is 43.3 Å². The highest BCUT2D eigenvalue weighted by molar-refractivity contribution is 6.09. The number of carbonyl (C=O) groups is 1. The molecule has 0 aliphatic heterocycles. The molecule has 110 valence electrons. The third-order valence-electron chi connectivity index (χ3n) is 3.13. The first-order valence-electron chi connectivity index (χ1n) is 6.77. The quantitative estimate of drug-likeness (QED) is 0.692. The smallest absolute Gasteiger partial charge is 0.266 e. The van der Waals surface area contributed by atoms with Crippen molar-refractivity contribution in [2.45, 2.75) is 6.92 Å². The Morgan fingerprint density at radius 1 is 1.23 bits per heavy atom. The van der Waals surface area contributed by atoms with Crippen LogP contribution in [0, 0.1) is 18.3 Å². The summed E-state index contributed by atoms with van der Waals surface area (Å²) in [5, 5.41) is 11.9. The van der Waals surface area contributed by atoms with Crippen LogP contribution in [0.4, 0.5) is 5.69 Å². The van der Waals surface area contributed by atoms with Crippen LogP contribution in [-0.4, -0.2) is 13.0 Å². The Morgan fingerprint density at radius 3 is 2.55 bits per heavy atom. The first kappa shape index (κ1) is 15.3. The Labute approximate surface area is 129 Å². The topological polar surface area (TPSA) is 62.1 Å². The van der Waals surface area contributed by atoms with Crippen LogP contribution in [0.2, 0.25) is 0 Å². The second kappa shape index (κ2) is 7.09. The first-order chi connectivity index (χ1) is 10.6. The van der Waals surface area contributed by atoms with Crippen LogP contribution in [0.5, 0.6) is 5.75 Å². The lowest BCUT2D eigenvalue weighted by atomic mass is 10.1. The predicted octanol–water partition coefficient (Wildman–Crippen LogP) is 3.55. The molecule has 0 aliphatic carbocycles. The van der Waals surface area contributed by atoms with E-state index in [-0.39, 0.29) is 5.57 Å². The highest BCUT2D eigenvalue weighted by Gasteiger charge is 2.09. The fourth-order valence-electron chi connectivity index (χ4n) is 2.03. The van der Waals surface area contributed by atoms with E-state index in [1.165, 1.54) is 0 Å². The van der Waals surface area contributed by atoms with E-state index in [2.05, 4.69) is 5.32 Å². The number of rotatable bonds is 4. The number of ether oxygens (including phenoxy) is 1. The molecule has 1 amide bonds. The number of anilines is 1. The molecule has 0 saturated heterocycles. The molecule has 4 nitrogen and oxygen atoms in total. The van der Waals surface area contributed by atoms with E-state index in [1.54, 1.807) is 31.4 Å². The summed E-state index contributed by atoms with van der Waals surface area (Å²) in [6.07, 6.45) is 1.56. The number of amides is 1. The van der Waals surface area contributed by atoms with E-state index in [0.717, 1.165) is 16.9 Å². The summed E-state index contributed by atoms with van der Waals surface area (Å²) in [5.74, 6) is 0.339. The lowest BCUT2D eigenvalue weighted by Gasteiger charge is -2.06. The molecule has 0 bridgehead atoms. The monoisotopic (exact) mass is 292 g/mol. The maximum Gasteiger partial charge on any atom is 0.266 e. The number of para-hydroxylation sites is 1. The number of nitriles is 1. The average molecular weight is 292 g/mol. The zero-order chi connectivity index (χ0) is 15.9. The van der Waals surface area contributed by atoms with E-state index in [9.17, 15) is 10.1 Å². The van der Waals surface area contributed by atoms with Crippen LogP contribution in [0.3, 0.4) is 0 Å². The van der Waals surface area contributed by atoms with Crippen molar-refractivity contribution in [2.24, 2.45) is 0 Å². The maximum atomic E-state index is 12.1. The van der Waals surface area contributed by atoms with Crippen LogP contribution >= 0.6 is 0 Å². The predicted molar refractivity (Wildman–Crippen MR) is 86.4 cm³/mol. The third-order valence-corrected chi connectivity index (χ3v) is 3.13. The van der Waals surface area contributed by atoms with Crippen LogP contribution in [0.25, 0.3) is 6.08 Å². The molecule has 1 N–H and O–H groups in total. The minimum atomic E-state index is -0.429. The van der Waals surface area contributed by atoms with Gasteiger partial charge in [-0.15, -0.1) is 0 Å². The standard InChI is InChI=1S/C18H16N2O2/c1-13-10-14(8-9-17(13)22-2)11-15(12-19)18(21)20-16-6-4-3-5-7-16/h3-11H,1-2H3,(H,20,21)/b15-11-. The first-order valence-corrected chi connectivity index (χ1v) is 6.77. The van der Waals surface area contributed by atoms with Gasteiger partial charge in [-0.25, -0.2) is 0 Å². The second-order valence-corrected chi connectivity index (χ2v) is 4.72. The zero-order valence-corrected chi connectivity index (χ0v) is 12.5. The van der Waals surface area contributed by atoms with Gasteiger partial charge in [0.05, 0.1) is 7.11 Å².